The van der Waals surface area contributed by atoms with Gasteiger partial charge in [-0.05, 0) is 51.8 Å². The fourth-order valence-corrected chi connectivity index (χ4v) is 3.54. The summed E-state index contributed by atoms with van der Waals surface area (Å²) in [7, 11) is 1.37. The van der Waals surface area contributed by atoms with Crippen LogP contribution >= 0.6 is 55.6 Å². The number of halogens is 3. The Kier molecular flexibility index (Phi) is 6.66. The molecule has 1 heterocycles. The second-order valence-corrected chi connectivity index (χ2v) is 7.22. The van der Waals surface area contributed by atoms with Crippen molar-refractivity contribution < 1.29 is 9.53 Å². The molecular weight excluding hydrogens is 393 g/mol. The van der Waals surface area contributed by atoms with E-state index in [1.54, 1.807) is 13.8 Å². The van der Waals surface area contributed by atoms with Gasteiger partial charge in [0.25, 0.3) is 0 Å². The van der Waals surface area contributed by atoms with Gasteiger partial charge in [0, 0.05) is 9.35 Å². The smallest absolute Gasteiger partial charge is 0.313 e. The molecule has 3 nitrogen and oxygen atoms in total. The van der Waals surface area contributed by atoms with Crippen molar-refractivity contribution >= 4 is 61.6 Å². The zero-order valence-electron chi connectivity index (χ0n) is 9.62. The molecule has 0 radical (unpaired) electrons. The lowest BCUT2D eigenvalue weighted by Gasteiger charge is -2.27. The highest BCUT2D eigenvalue weighted by molar-refractivity contribution is 9.13. The molecule has 0 aromatic carbocycles. The fourth-order valence-electron chi connectivity index (χ4n) is 1.26. The van der Waals surface area contributed by atoms with Crippen molar-refractivity contribution in [2.45, 2.75) is 19.9 Å². The zero-order valence-corrected chi connectivity index (χ0v) is 14.4. The number of methoxy groups -OCH3 is 1. The average molecular weight is 408 g/mol. The van der Waals surface area contributed by atoms with Crippen LogP contribution in [0.2, 0.25) is 0 Å². The molecule has 0 aliphatic rings. The van der Waals surface area contributed by atoms with Gasteiger partial charge in [0.1, 0.15) is 0 Å². The number of esters is 1. The van der Waals surface area contributed by atoms with E-state index in [-0.39, 0.29) is 24.4 Å². The van der Waals surface area contributed by atoms with Gasteiger partial charge in [-0.1, -0.05) is 0 Å². The summed E-state index contributed by atoms with van der Waals surface area (Å²) in [4.78, 5) is 12.6. The van der Waals surface area contributed by atoms with E-state index in [1.165, 1.54) is 18.4 Å². The van der Waals surface area contributed by atoms with E-state index in [1.807, 2.05) is 6.07 Å². The average Bonchev–Trinajstić information content (AvgIpc) is 2.56. The normalized spacial score (nSPS) is 12.8. The lowest BCUT2D eigenvalue weighted by atomic mass is 9.84. The molecule has 1 rings (SSSR count). The maximum Gasteiger partial charge on any atom is 0.313 e. The van der Waals surface area contributed by atoms with Crippen molar-refractivity contribution in [3.8, 4) is 0 Å². The van der Waals surface area contributed by atoms with Gasteiger partial charge in [0.15, 0.2) is 0 Å². The lowest BCUT2D eigenvalue weighted by molar-refractivity contribution is -0.152. The summed E-state index contributed by atoms with van der Waals surface area (Å²) in [6.07, 6.45) is 0. The van der Waals surface area contributed by atoms with Gasteiger partial charge in [-0.2, -0.15) is 0 Å². The molecule has 2 N–H and O–H groups in total. The molecule has 0 saturated carbocycles. The van der Waals surface area contributed by atoms with Crippen LogP contribution in [-0.2, 0) is 9.53 Å². The summed E-state index contributed by atoms with van der Waals surface area (Å²) in [6.45, 7) is 3.57. The summed E-state index contributed by atoms with van der Waals surface area (Å²) in [5.41, 5.74) is 5.36. The number of carbonyl (C=O) groups is 1. The van der Waals surface area contributed by atoms with E-state index >= 15 is 0 Å². The van der Waals surface area contributed by atoms with E-state index in [0.29, 0.717) is 0 Å². The van der Waals surface area contributed by atoms with E-state index in [9.17, 15) is 4.79 Å². The number of hydrogen-bond acceptors (Lipinski definition) is 4. The van der Waals surface area contributed by atoms with Crippen molar-refractivity contribution in [3.63, 3.8) is 0 Å². The summed E-state index contributed by atoms with van der Waals surface area (Å²) in [5, 5.41) is 0. The molecule has 1 atom stereocenters. The van der Waals surface area contributed by atoms with Gasteiger partial charge in [0.2, 0.25) is 0 Å². The van der Waals surface area contributed by atoms with Gasteiger partial charge in [-0.15, -0.1) is 23.7 Å². The highest BCUT2D eigenvalue weighted by Crippen LogP contribution is 2.40. The maximum absolute atomic E-state index is 11.6. The van der Waals surface area contributed by atoms with Crippen LogP contribution in [0.1, 0.15) is 24.8 Å². The number of carbonyl (C=O) groups excluding carboxylic acids is 1. The Morgan fingerprint density at radius 1 is 1.53 bits per heavy atom. The Morgan fingerprint density at radius 3 is 2.41 bits per heavy atom. The summed E-state index contributed by atoms with van der Waals surface area (Å²) in [6, 6.07) is 1.54. The molecule has 17 heavy (non-hydrogen) atoms. The van der Waals surface area contributed by atoms with E-state index < -0.39 is 5.41 Å². The summed E-state index contributed by atoms with van der Waals surface area (Å²) < 4.78 is 6.68. The minimum absolute atomic E-state index is 0. The Labute approximate surface area is 128 Å². The molecule has 98 valence electrons. The van der Waals surface area contributed by atoms with Crippen molar-refractivity contribution in [2.24, 2.45) is 11.1 Å². The number of rotatable bonds is 3. The third kappa shape index (κ3) is 3.67. The Bertz CT molecular complexity index is 390. The van der Waals surface area contributed by atoms with Crippen molar-refractivity contribution in [2.75, 3.05) is 7.11 Å². The molecule has 0 aliphatic heterocycles. The van der Waals surface area contributed by atoms with Crippen LogP contribution < -0.4 is 5.73 Å². The number of hydrogen-bond donors (Lipinski definition) is 1. The first-order valence-electron chi connectivity index (χ1n) is 4.59. The van der Waals surface area contributed by atoms with Crippen LogP contribution in [-0.4, -0.2) is 13.1 Å². The molecule has 0 amide bonds. The standard InChI is InChI=1S/C10H13Br2NO2S.ClH/c1-10(2,9(14)15-3)7(13)6-4-5(11)8(12)16-6;/h4,7H,13H2,1-3H3;1H/t7-;/m1./s1. The van der Waals surface area contributed by atoms with Crippen LogP contribution in [0.25, 0.3) is 0 Å². The Balaban J connectivity index is 0.00000256. The quantitative estimate of drug-likeness (QED) is 0.774. The fraction of sp³-hybridized carbons (Fsp3) is 0.500. The molecule has 0 spiro atoms. The van der Waals surface area contributed by atoms with Crippen molar-refractivity contribution in [3.05, 3.63) is 19.2 Å². The predicted molar refractivity (Wildman–Crippen MR) is 79.7 cm³/mol. The van der Waals surface area contributed by atoms with Gasteiger partial charge in [-0.25, -0.2) is 0 Å². The highest BCUT2D eigenvalue weighted by atomic mass is 79.9. The van der Waals surface area contributed by atoms with Crippen LogP contribution in [0.4, 0.5) is 0 Å². The first kappa shape index (κ1) is 17.4. The monoisotopic (exact) mass is 405 g/mol. The van der Waals surface area contributed by atoms with Crippen LogP contribution in [0, 0.1) is 5.41 Å². The van der Waals surface area contributed by atoms with Gasteiger partial charge >= 0.3 is 5.97 Å². The number of nitrogens with two attached hydrogens (primary N) is 1. The number of ether oxygens (including phenoxy) is 1. The molecule has 0 unspecified atom stereocenters. The third-order valence-corrected chi connectivity index (χ3v) is 5.80. The Hall–Kier alpha value is 0.380. The Morgan fingerprint density at radius 2 is 2.06 bits per heavy atom. The summed E-state index contributed by atoms with van der Waals surface area (Å²) in [5.74, 6) is -0.305. The summed E-state index contributed by atoms with van der Waals surface area (Å²) >= 11 is 8.32. The second kappa shape index (κ2) is 6.52. The molecule has 0 fully saturated rings. The van der Waals surface area contributed by atoms with Crippen LogP contribution in [0.5, 0.6) is 0 Å². The minimum Gasteiger partial charge on any atom is -0.469 e. The first-order chi connectivity index (χ1) is 7.30. The number of thiophene rings is 1. The topological polar surface area (TPSA) is 52.3 Å². The van der Waals surface area contributed by atoms with Gasteiger partial charge < -0.3 is 10.5 Å². The SMILES string of the molecule is COC(=O)C(C)(C)[C@H](N)c1cc(Br)c(Br)s1.Cl. The molecule has 0 saturated heterocycles. The van der Waals surface area contributed by atoms with E-state index in [2.05, 4.69) is 31.9 Å². The second-order valence-electron chi connectivity index (χ2n) is 3.96. The van der Waals surface area contributed by atoms with E-state index in [0.717, 1.165) is 13.1 Å². The zero-order chi connectivity index (χ0) is 12.5. The third-order valence-electron chi connectivity index (χ3n) is 2.46. The van der Waals surface area contributed by atoms with Gasteiger partial charge in [0.05, 0.1) is 22.4 Å². The molecule has 1 aromatic heterocycles. The molecule has 7 heteroatoms. The highest BCUT2D eigenvalue weighted by Gasteiger charge is 2.37. The first-order valence-corrected chi connectivity index (χ1v) is 6.99. The van der Waals surface area contributed by atoms with E-state index in [4.69, 9.17) is 10.5 Å². The van der Waals surface area contributed by atoms with Gasteiger partial charge in [-0.3, -0.25) is 4.79 Å². The molecule has 0 aliphatic carbocycles. The maximum atomic E-state index is 11.6. The predicted octanol–water partition coefficient (Wildman–Crippen LogP) is 3.89. The molecule has 1 aromatic rings. The van der Waals surface area contributed by atoms with Crippen LogP contribution in [0.15, 0.2) is 14.3 Å². The largest absolute Gasteiger partial charge is 0.469 e. The van der Waals surface area contributed by atoms with Crippen molar-refractivity contribution in [1.82, 2.24) is 0 Å². The molecule has 0 bridgehead atoms. The van der Waals surface area contributed by atoms with Crippen molar-refractivity contribution in [1.29, 1.82) is 0 Å². The lowest BCUT2D eigenvalue weighted by Crippen LogP contribution is -2.36. The molecular formula is C10H14Br2ClNO2S. The minimum atomic E-state index is -0.738. The van der Waals surface area contributed by atoms with Crippen LogP contribution in [0.3, 0.4) is 0 Å².